The molecule has 0 saturated carbocycles. The van der Waals surface area contributed by atoms with Gasteiger partial charge < -0.3 is 9.88 Å². The molecule has 0 atom stereocenters. The van der Waals surface area contributed by atoms with Crippen molar-refractivity contribution in [2.24, 2.45) is 0 Å². The molecule has 0 saturated heterocycles. The minimum atomic E-state index is 0.846. The second-order valence-electron chi connectivity index (χ2n) is 6.26. The molecule has 1 N–H and O–H groups in total. The van der Waals surface area contributed by atoms with Gasteiger partial charge in [-0.15, -0.1) is 0 Å². The summed E-state index contributed by atoms with van der Waals surface area (Å²) >= 11 is 0. The molecule has 3 aromatic carbocycles. The molecule has 0 bridgehead atoms. The Labute approximate surface area is 151 Å². The van der Waals surface area contributed by atoms with Crippen LogP contribution in [0.2, 0.25) is 0 Å². The average molecular weight is 335 g/mol. The van der Waals surface area contributed by atoms with Crippen LogP contribution in [0, 0.1) is 0 Å². The molecule has 0 aliphatic carbocycles. The van der Waals surface area contributed by atoms with Crippen molar-refractivity contribution in [3.63, 3.8) is 0 Å². The minimum Gasteiger partial charge on any atom is -0.340 e. The van der Waals surface area contributed by atoms with Gasteiger partial charge in [-0.25, -0.2) is 4.98 Å². The van der Waals surface area contributed by atoms with Gasteiger partial charge in [0.2, 0.25) is 0 Å². The molecule has 0 fully saturated rings. The first-order valence-corrected chi connectivity index (χ1v) is 8.67. The van der Waals surface area contributed by atoms with E-state index in [9.17, 15) is 0 Å². The molecule has 0 radical (unpaired) electrons. The normalized spacial score (nSPS) is 11.1. The Kier molecular flexibility index (Phi) is 3.42. The lowest BCUT2D eigenvalue weighted by Gasteiger charge is -2.08. The molecule has 2 aromatic heterocycles. The van der Waals surface area contributed by atoms with Gasteiger partial charge >= 0.3 is 0 Å². The zero-order valence-corrected chi connectivity index (χ0v) is 14.1. The molecule has 0 aliphatic rings. The molecular formula is C23H17N3. The van der Waals surface area contributed by atoms with Gasteiger partial charge in [0.1, 0.15) is 5.82 Å². The Morgan fingerprint density at radius 2 is 1.42 bits per heavy atom. The summed E-state index contributed by atoms with van der Waals surface area (Å²) in [6.45, 7) is 0. The van der Waals surface area contributed by atoms with Crippen molar-refractivity contribution < 1.29 is 0 Å². The molecule has 0 aliphatic heterocycles. The SMILES string of the molecule is c1ccc(-n2c3ccccc3c3cc(Nc4ccccn4)ccc32)cc1. The summed E-state index contributed by atoms with van der Waals surface area (Å²) in [6, 6.07) is 31.4. The molecule has 3 heteroatoms. The molecule has 0 spiro atoms. The quantitative estimate of drug-likeness (QED) is 0.443. The van der Waals surface area contributed by atoms with Gasteiger partial charge in [0.15, 0.2) is 0 Å². The van der Waals surface area contributed by atoms with Crippen molar-refractivity contribution in [3.05, 3.63) is 97.2 Å². The standard InChI is InChI=1S/C23H17N3/c1-2-8-18(9-3-1)26-21-11-5-4-10-19(21)20-16-17(13-14-22(20)26)25-23-12-6-7-15-24-23/h1-16H,(H,24,25). The van der Waals surface area contributed by atoms with Crippen LogP contribution in [0.3, 0.4) is 0 Å². The monoisotopic (exact) mass is 335 g/mol. The van der Waals surface area contributed by atoms with Gasteiger partial charge in [0.05, 0.1) is 11.0 Å². The van der Waals surface area contributed by atoms with Crippen LogP contribution in [-0.2, 0) is 0 Å². The summed E-state index contributed by atoms with van der Waals surface area (Å²) in [6.07, 6.45) is 1.79. The highest BCUT2D eigenvalue weighted by Gasteiger charge is 2.12. The Hall–Kier alpha value is -3.59. The zero-order chi connectivity index (χ0) is 17.3. The van der Waals surface area contributed by atoms with Gasteiger partial charge in [-0.1, -0.05) is 42.5 Å². The van der Waals surface area contributed by atoms with Crippen LogP contribution in [0.4, 0.5) is 11.5 Å². The Balaban J connectivity index is 1.73. The number of nitrogens with one attached hydrogen (secondary N) is 1. The fourth-order valence-corrected chi connectivity index (χ4v) is 3.49. The highest BCUT2D eigenvalue weighted by Crippen LogP contribution is 2.33. The van der Waals surface area contributed by atoms with E-state index in [0.29, 0.717) is 0 Å². The van der Waals surface area contributed by atoms with Gasteiger partial charge in [-0.05, 0) is 48.5 Å². The summed E-state index contributed by atoms with van der Waals surface area (Å²) in [5.74, 6) is 0.846. The summed E-state index contributed by atoms with van der Waals surface area (Å²) in [5.41, 5.74) is 4.61. The number of pyridine rings is 1. The molecule has 3 nitrogen and oxygen atoms in total. The van der Waals surface area contributed by atoms with Gasteiger partial charge in [-0.3, -0.25) is 0 Å². The third-order valence-corrected chi connectivity index (χ3v) is 4.62. The van der Waals surface area contributed by atoms with E-state index in [1.54, 1.807) is 6.20 Å². The minimum absolute atomic E-state index is 0.846. The number of aromatic nitrogens is 2. The molecule has 26 heavy (non-hydrogen) atoms. The first-order valence-electron chi connectivity index (χ1n) is 8.67. The number of anilines is 2. The lowest BCUT2D eigenvalue weighted by atomic mass is 10.1. The second kappa shape index (κ2) is 6.05. The Morgan fingerprint density at radius 1 is 0.654 bits per heavy atom. The number of fused-ring (bicyclic) bond motifs is 3. The van der Waals surface area contributed by atoms with Crippen molar-refractivity contribution in [2.75, 3.05) is 5.32 Å². The molecule has 0 unspecified atom stereocenters. The highest BCUT2D eigenvalue weighted by atomic mass is 15.0. The lowest BCUT2D eigenvalue weighted by molar-refractivity contribution is 1.18. The topological polar surface area (TPSA) is 29.9 Å². The second-order valence-corrected chi connectivity index (χ2v) is 6.26. The number of hydrogen-bond acceptors (Lipinski definition) is 2. The number of hydrogen-bond donors (Lipinski definition) is 1. The third-order valence-electron chi connectivity index (χ3n) is 4.62. The highest BCUT2D eigenvalue weighted by molar-refractivity contribution is 6.10. The maximum atomic E-state index is 4.35. The van der Waals surface area contributed by atoms with E-state index in [1.807, 2.05) is 24.3 Å². The van der Waals surface area contributed by atoms with Gasteiger partial charge in [0, 0.05) is 28.3 Å². The largest absolute Gasteiger partial charge is 0.340 e. The van der Waals surface area contributed by atoms with Crippen LogP contribution >= 0.6 is 0 Å². The molecule has 5 aromatic rings. The lowest BCUT2D eigenvalue weighted by Crippen LogP contribution is -1.94. The van der Waals surface area contributed by atoms with E-state index in [0.717, 1.165) is 11.5 Å². The van der Waals surface area contributed by atoms with E-state index >= 15 is 0 Å². The number of nitrogens with zero attached hydrogens (tertiary/aromatic N) is 2. The van der Waals surface area contributed by atoms with Crippen LogP contribution in [0.1, 0.15) is 0 Å². The van der Waals surface area contributed by atoms with Crippen LogP contribution in [0.15, 0.2) is 97.2 Å². The zero-order valence-electron chi connectivity index (χ0n) is 14.1. The maximum absolute atomic E-state index is 4.35. The first kappa shape index (κ1) is 14.7. The summed E-state index contributed by atoms with van der Waals surface area (Å²) in [7, 11) is 0. The maximum Gasteiger partial charge on any atom is 0.130 e. The molecule has 0 amide bonds. The molecule has 2 heterocycles. The summed E-state index contributed by atoms with van der Waals surface area (Å²) in [5, 5.41) is 5.86. The Morgan fingerprint density at radius 3 is 2.27 bits per heavy atom. The van der Waals surface area contributed by atoms with E-state index in [4.69, 9.17) is 0 Å². The molecule has 124 valence electrons. The van der Waals surface area contributed by atoms with E-state index < -0.39 is 0 Å². The van der Waals surface area contributed by atoms with Crippen molar-refractivity contribution in [1.82, 2.24) is 9.55 Å². The van der Waals surface area contributed by atoms with E-state index in [1.165, 1.54) is 27.5 Å². The van der Waals surface area contributed by atoms with Crippen molar-refractivity contribution >= 4 is 33.3 Å². The third kappa shape index (κ3) is 2.42. The smallest absolute Gasteiger partial charge is 0.130 e. The average Bonchev–Trinajstić information content (AvgIpc) is 3.03. The first-order chi connectivity index (χ1) is 12.9. The van der Waals surface area contributed by atoms with Crippen molar-refractivity contribution in [1.29, 1.82) is 0 Å². The van der Waals surface area contributed by atoms with Crippen LogP contribution < -0.4 is 5.32 Å². The predicted molar refractivity (Wildman–Crippen MR) is 108 cm³/mol. The van der Waals surface area contributed by atoms with Crippen LogP contribution in [0.5, 0.6) is 0 Å². The van der Waals surface area contributed by atoms with Crippen molar-refractivity contribution in [2.45, 2.75) is 0 Å². The molecule has 5 rings (SSSR count). The van der Waals surface area contributed by atoms with E-state index in [2.05, 4.69) is 81.6 Å². The number of benzene rings is 3. The number of rotatable bonds is 3. The van der Waals surface area contributed by atoms with Gasteiger partial charge in [-0.2, -0.15) is 0 Å². The van der Waals surface area contributed by atoms with Gasteiger partial charge in [0.25, 0.3) is 0 Å². The van der Waals surface area contributed by atoms with Crippen molar-refractivity contribution in [3.8, 4) is 5.69 Å². The number of para-hydroxylation sites is 2. The van der Waals surface area contributed by atoms with Crippen LogP contribution in [-0.4, -0.2) is 9.55 Å². The van der Waals surface area contributed by atoms with Crippen LogP contribution in [0.25, 0.3) is 27.5 Å². The van der Waals surface area contributed by atoms with E-state index in [-0.39, 0.29) is 0 Å². The predicted octanol–water partition coefficient (Wildman–Crippen LogP) is 5.92. The fraction of sp³-hybridized carbons (Fsp3) is 0. The molecular weight excluding hydrogens is 318 g/mol. The summed E-state index contributed by atoms with van der Waals surface area (Å²) in [4.78, 5) is 4.35. The summed E-state index contributed by atoms with van der Waals surface area (Å²) < 4.78 is 2.31. The Bertz CT molecular complexity index is 1190. The fourth-order valence-electron chi connectivity index (χ4n) is 3.49.